The molecule has 0 aromatic carbocycles. The van der Waals surface area contributed by atoms with Crippen molar-refractivity contribution < 1.29 is 9.05 Å². The topological polar surface area (TPSA) is 30.5 Å². The molecule has 2 atom stereocenters. The molecule has 1 aliphatic heterocycles. The van der Waals surface area contributed by atoms with Crippen molar-refractivity contribution in [3.8, 4) is 0 Å². The maximum absolute atomic E-state index is 5.59. The number of hydrogen-bond donors (Lipinski definition) is 1. The quantitative estimate of drug-likeness (QED) is 0.646. The second kappa shape index (κ2) is 4.01. The lowest BCUT2D eigenvalue weighted by Gasteiger charge is -2.32. The van der Waals surface area contributed by atoms with Crippen LogP contribution in [0.1, 0.15) is 34.1 Å². The molecule has 1 heterocycles. The summed E-state index contributed by atoms with van der Waals surface area (Å²) in [5, 5.41) is 3.31. The Morgan fingerprint density at radius 2 is 2.08 bits per heavy atom. The van der Waals surface area contributed by atoms with E-state index in [-0.39, 0.29) is 5.54 Å². The summed E-state index contributed by atoms with van der Waals surface area (Å²) in [7, 11) is -0.849. The third kappa shape index (κ3) is 3.81. The van der Waals surface area contributed by atoms with E-state index < -0.39 is 8.53 Å². The minimum atomic E-state index is -0.849. The fourth-order valence-electron chi connectivity index (χ4n) is 0.881. The van der Waals surface area contributed by atoms with Gasteiger partial charge in [0.1, 0.15) is 0 Å². The van der Waals surface area contributed by atoms with Gasteiger partial charge in [0.2, 0.25) is 0 Å². The summed E-state index contributed by atoms with van der Waals surface area (Å²) in [6, 6.07) is 0. The van der Waals surface area contributed by atoms with Gasteiger partial charge in [-0.15, -0.1) is 0 Å². The SMILES string of the molecule is C[C@H]1CCO[P@@](NC(C)(C)C)O1. The van der Waals surface area contributed by atoms with Crippen LogP contribution in [-0.4, -0.2) is 18.2 Å². The molecule has 1 saturated heterocycles. The Morgan fingerprint density at radius 3 is 2.58 bits per heavy atom. The Kier molecular flexibility index (Phi) is 3.47. The van der Waals surface area contributed by atoms with Crippen LogP contribution in [0.2, 0.25) is 0 Å². The molecule has 1 rings (SSSR count). The van der Waals surface area contributed by atoms with E-state index in [1.165, 1.54) is 0 Å². The summed E-state index contributed by atoms with van der Waals surface area (Å²) in [6.45, 7) is 9.24. The molecule has 12 heavy (non-hydrogen) atoms. The Bertz CT molecular complexity index is 146. The second-order valence-electron chi connectivity index (χ2n) is 4.16. The predicted molar refractivity (Wildman–Crippen MR) is 50.9 cm³/mol. The Labute approximate surface area is 75.8 Å². The molecule has 3 nitrogen and oxygen atoms in total. The molecule has 1 aliphatic rings. The zero-order valence-corrected chi connectivity index (χ0v) is 9.15. The van der Waals surface area contributed by atoms with E-state index >= 15 is 0 Å². The molecular weight excluding hydrogens is 173 g/mol. The Morgan fingerprint density at radius 1 is 1.42 bits per heavy atom. The lowest BCUT2D eigenvalue weighted by Crippen LogP contribution is -2.34. The maximum Gasteiger partial charge on any atom is 0.256 e. The maximum atomic E-state index is 5.59. The van der Waals surface area contributed by atoms with E-state index in [1.807, 2.05) is 0 Å². The molecule has 1 N–H and O–H groups in total. The van der Waals surface area contributed by atoms with Crippen LogP contribution >= 0.6 is 8.53 Å². The van der Waals surface area contributed by atoms with Crippen molar-refractivity contribution in [1.82, 2.24) is 5.09 Å². The fraction of sp³-hybridized carbons (Fsp3) is 1.00. The third-order valence-electron chi connectivity index (χ3n) is 1.44. The molecule has 0 aromatic heterocycles. The highest BCUT2D eigenvalue weighted by Gasteiger charge is 2.25. The van der Waals surface area contributed by atoms with E-state index in [4.69, 9.17) is 9.05 Å². The molecular formula is C8H18NO2P. The number of nitrogens with one attached hydrogen (secondary N) is 1. The predicted octanol–water partition coefficient (Wildman–Crippen LogP) is 2.43. The highest BCUT2D eigenvalue weighted by molar-refractivity contribution is 7.45. The average molecular weight is 191 g/mol. The van der Waals surface area contributed by atoms with Gasteiger partial charge < -0.3 is 9.05 Å². The lowest BCUT2D eigenvalue weighted by molar-refractivity contribution is 0.112. The monoisotopic (exact) mass is 191 g/mol. The van der Waals surface area contributed by atoms with Crippen molar-refractivity contribution in [2.45, 2.75) is 45.8 Å². The van der Waals surface area contributed by atoms with Gasteiger partial charge in [-0.2, -0.15) is 0 Å². The van der Waals surface area contributed by atoms with Crippen LogP contribution in [0.3, 0.4) is 0 Å². The van der Waals surface area contributed by atoms with E-state index in [2.05, 4.69) is 32.8 Å². The first-order valence-electron chi connectivity index (χ1n) is 4.35. The normalized spacial score (nSPS) is 32.0. The first kappa shape index (κ1) is 10.4. The van der Waals surface area contributed by atoms with Gasteiger partial charge >= 0.3 is 0 Å². The zero-order chi connectivity index (χ0) is 9.19. The van der Waals surface area contributed by atoms with Crippen LogP contribution in [0.15, 0.2) is 0 Å². The molecule has 0 radical (unpaired) electrons. The minimum absolute atomic E-state index is 0.0722. The van der Waals surface area contributed by atoms with Crippen molar-refractivity contribution in [1.29, 1.82) is 0 Å². The smallest absolute Gasteiger partial charge is 0.256 e. The van der Waals surface area contributed by atoms with Gasteiger partial charge in [0.25, 0.3) is 8.53 Å². The molecule has 0 bridgehead atoms. The van der Waals surface area contributed by atoms with E-state index in [0.29, 0.717) is 6.10 Å². The summed E-state index contributed by atoms with van der Waals surface area (Å²) in [5.41, 5.74) is 0.0722. The molecule has 0 saturated carbocycles. The molecule has 0 spiro atoms. The summed E-state index contributed by atoms with van der Waals surface area (Å²) in [6.07, 6.45) is 1.34. The highest BCUT2D eigenvalue weighted by atomic mass is 31.2. The molecule has 4 heteroatoms. The van der Waals surface area contributed by atoms with Gasteiger partial charge in [0, 0.05) is 5.54 Å². The first-order valence-corrected chi connectivity index (χ1v) is 5.53. The lowest BCUT2D eigenvalue weighted by atomic mass is 10.1. The molecule has 0 aliphatic carbocycles. The van der Waals surface area contributed by atoms with E-state index in [9.17, 15) is 0 Å². The summed E-state index contributed by atoms with van der Waals surface area (Å²) < 4.78 is 11.0. The van der Waals surface area contributed by atoms with E-state index in [0.717, 1.165) is 13.0 Å². The molecule has 72 valence electrons. The molecule has 0 aromatic rings. The van der Waals surface area contributed by atoms with Gasteiger partial charge in [0.05, 0.1) is 12.7 Å². The van der Waals surface area contributed by atoms with Crippen LogP contribution in [0, 0.1) is 0 Å². The standard InChI is InChI=1S/C8H18NO2P/c1-7-5-6-10-12(11-7)9-8(2,3)4/h7,9H,5-6H2,1-4H3/t7-,12+/m0/s1. The number of rotatable bonds is 1. The van der Waals surface area contributed by atoms with Crippen LogP contribution < -0.4 is 5.09 Å². The van der Waals surface area contributed by atoms with Crippen molar-refractivity contribution in [3.05, 3.63) is 0 Å². The van der Waals surface area contributed by atoms with Crippen molar-refractivity contribution in [2.75, 3.05) is 6.61 Å². The minimum Gasteiger partial charge on any atom is -0.322 e. The summed E-state index contributed by atoms with van der Waals surface area (Å²) >= 11 is 0. The fourth-order valence-corrected chi connectivity index (χ4v) is 2.31. The zero-order valence-electron chi connectivity index (χ0n) is 8.26. The average Bonchev–Trinajstić information content (AvgIpc) is 1.82. The van der Waals surface area contributed by atoms with Crippen molar-refractivity contribution in [3.63, 3.8) is 0 Å². The molecule has 0 amide bonds. The molecule has 0 unspecified atom stereocenters. The first-order chi connectivity index (χ1) is 5.47. The van der Waals surface area contributed by atoms with Gasteiger partial charge in [-0.25, -0.2) is 5.09 Å². The highest BCUT2D eigenvalue weighted by Crippen LogP contribution is 2.41. The second-order valence-corrected chi connectivity index (χ2v) is 5.36. The van der Waals surface area contributed by atoms with Crippen LogP contribution in [0.25, 0.3) is 0 Å². The van der Waals surface area contributed by atoms with Crippen LogP contribution in [0.5, 0.6) is 0 Å². The Balaban J connectivity index is 2.32. The van der Waals surface area contributed by atoms with Gasteiger partial charge in [-0.05, 0) is 34.1 Å². The van der Waals surface area contributed by atoms with Crippen LogP contribution in [-0.2, 0) is 9.05 Å². The summed E-state index contributed by atoms with van der Waals surface area (Å²) in [5.74, 6) is 0. The third-order valence-corrected chi connectivity index (χ3v) is 3.26. The van der Waals surface area contributed by atoms with Crippen molar-refractivity contribution in [2.24, 2.45) is 0 Å². The van der Waals surface area contributed by atoms with Gasteiger partial charge in [-0.1, -0.05) is 0 Å². The Hall–Kier alpha value is 0.310. The van der Waals surface area contributed by atoms with Gasteiger partial charge in [0.15, 0.2) is 0 Å². The van der Waals surface area contributed by atoms with Crippen molar-refractivity contribution >= 4 is 8.53 Å². The number of hydrogen-bond acceptors (Lipinski definition) is 3. The largest absolute Gasteiger partial charge is 0.322 e. The van der Waals surface area contributed by atoms with Gasteiger partial charge in [-0.3, -0.25) is 0 Å². The summed E-state index contributed by atoms with van der Waals surface area (Å²) in [4.78, 5) is 0. The van der Waals surface area contributed by atoms with Crippen LogP contribution in [0.4, 0.5) is 0 Å². The molecule has 1 fully saturated rings. The van der Waals surface area contributed by atoms with E-state index in [1.54, 1.807) is 0 Å².